The Morgan fingerprint density at radius 1 is 1.08 bits per heavy atom. The lowest BCUT2D eigenvalue weighted by Gasteiger charge is -2.22. The van der Waals surface area contributed by atoms with Gasteiger partial charge in [-0.2, -0.15) is 4.31 Å². The molecular weight excluding hydrogens is 328 g/mol. The predicted octanol–water partition coefficient (Wildman–Crippen LogP) is 0.704. The van der Waals surface area contributed by atoms with Gasteiger partial charge in [0.25, 0.3) is 0 Å². The molecule has 6 nitrogen and oxygen atoms in total. The minimum atomic E-state index is -3.30. The van der Waals surface area contributed by atoms with Gasteiger partial charge < -0.3 is 15.5 Å². The third kappa shape index (κ3) is 5.53. The van der Waals surface area contributed by atoms with Gasteiger partial charge in [0, 0.05) is 18.6 Å². The molecular formula is C17H28N2O4S. The summed E-state index contributed by atoms with van der Waals surface area (Å²) in [5, 5.41) is 20.8. The van der Waals surface area contributed by atoms with E-state index in [1.165, 1.54) is 10.7 Å². The molecule has 1 aromatic rings. The van der Waals surface area contributed by atoms with E-state index in [0.29, 0.717) is 19.2 Å². The van der Waals surface area contributed by atoms with Crippen molar-refractivity contribution >= 4 is 10.0 Å². The highest BCUT2D eigenvalue weighted by Gasteiger charge is 2.33. The summed E-state index contributed by atoms with van der Waals surface area (Å²) in [6.07, 6.45) is 3.96. The number of benzene rings is 1. The van der Waals surface area contributed by atoms with Crippen molar-refractivity contribution in [2.24, 2.45) is 0 Å². The van der Waals surface area contributed by atoms with Crippen molar-refractivity contribution in [2.45, 2.75) is 43.5 Å². The van der Waals surface area contributed by atoms with Gasteiger partial charge in [-0.15, -0.1) is 0 Å². The first-order valence-corrected chi connectivity index (χ1v) is 10.2. The van der Waals surface area contributed by atoms with E-state index in [-0.39, 0.29) is 18.4 Å². The quantitative estimate of drug-likeness (QED) is 0.723. The van der Waals surface area contributed by atoms with Gasteiger partial charge in [0.15, 0.2) is 0 Å². The van der Waals surface area contributed by atoms with Crippen molar-refractivity contribution in [1.82, 2.24) is 9.62 Å². The van der Waals surface area contributed by atoms with E-state index < -0.39 is 10.0 Å². The number of sulfonamides is 1. The first kappa shape index (κ1) is 19.3. The molecule has 0 spiro atoms. The van der Waals surface area contributed by atoms with Crippen LogP contribution in [0.2, 0.25) is 0 Å². The van der Waals surface area contributed by atoms with Gasteiger partial charge in [-0.3, -0.25) is 0 Å². The first-order valence-electron chi connectivity index (χ1n) is 8.55. The van der Waals surface area contributed by atoms with Gasteiger partial charge >= 0.3 is 0 Å². The lowest BCUT2D eigenvalue weighted by molar-refractivity contribution is 0.213. The fourth-order valence-electron chi connectivity index (χ4n) is 3.14. The number of rotatable bonds is 5. The van der Waals surface area contributed by atoms with Gasteiger partial charge in [-0.05, 0) is 37.8 Å². The van der Waals surface area contributed by atoms with Crippen molar-refractivity contribution < 1.29 is 18.6 Å². The molecule has 0 amide bonds. The molecule has 2 fully saturated rings. The molecule has 2 atom stereocenters. The molecule has 2 aliphatic rings. The summed E-state index contributed by atoms with van der Waals surface area (Å²) in [5.41, 5.74) is 0.788. The molecule has 2 heterocycles. The number of hydrogen-bond acceptors (Lipinski definition) is 5. The fourth-order valence-corrected chi connectivity index (χ4v) is 4.95. The van der Waals surface area contributed by atoms with Crippen LogP contribution in [0.4, 0.5) is 0 Å². The maximum absolute atomic E-state index is 12.2. The Bertz CT molecular complexity index is 574. The monoisotopic (exact) mass is 356 g/mol. The van der Waals surface area contributed by atoms with E-state index >= 15 is 0 Å². The van der Waals surface area contributed by atoms with E-state index in [1.54, 1.807) is 0 Å². The Balaban J connectivity index is 0.000000249. The van der Waals surface area contributed by atoms with Crippen LogP contribution in [0.5, 0.6) is 0 Å². The van der Waals surface area contributed by atoms with Crippen LogP contribution in [0, 0.1) is 0 Å². The summed E-state index contributed by atoms with van der Waals surface area (Å²) >= 11 is 0. The van der Waals surface area contributed by atoms with Crippen molar-refractivity contribution in [3.05, 3.63) is 35.9 Å². The second kappa shape index (κ2) is 9.48. The number of nitrogens with one attached hydrogen (secondary N) is 1. The molecule has 0 aliphatic carbocycles. The normalized spacial score (nSPS) is 24.6. The second-order valence-electron chi connectivity index (χ2n) is 6.31. The van der Waals surface area contributed by atoms with E-state index in [2.05, 4.69) is 5.32 Å². The number of nitrogens with zero attached hydrogens (tertiary/aromatic N) is 1. The number of hydrogen-bond donors (Lipinski definition) is 3. The van der Waals surface area contributed by atoms with Gasteiger partial charge in [0.2, 0.25) is 10.0 Å². The largest absolute Gasteiger partial charge is 0.395 e. The summed E-state index contributed by atoms with van der Waals surface area (Å²) in [4.78, 5) is 0. The van der Waals surface area contributed by atoms with Crippen LogP contribution in [0.3, 0.4) is 0 Å². The molecule has 0 bridgehead atoms. The van der Waals surface area contributed by atoms with Crippen molar-refractivity contribution in [1.29, 1.82) is 0 Å². The van der Waals surface area contributed by atoms with Gasteiger partial charge in [-0.25, -0.2) is 8.42 Å². The molecule has 2 saturated heterocycles. The molecule has 3 N–H and O–H groups in total. The molecule has 24 heavy (non-hydrogen) atoms. The minimum Gasteiger partial charge on any atom is -0.395 e. The Labute approximate surface area is 144 Å². The smallest absolute Gasteiger partial charge is 0.218 e. The predicted molar refractivity (Wildman–Crippen MR) is 94.0 cm³/mol. The Morgan fingerprint density at radius 2 is 1.83 bits per heavy atom. The zero-order valence-corrected chi connectivity index (χ0v) is 14.8. The summed E-state index contributed by atoms with van der Waals surface area (Å²) in [5.74, 6) is 0.0182. The van der Waals surface area contributed by atoms with Crippen LogP contribution < -0.4 is 5.32 Å². The van der Waals surface area contributed by atoms with Crippen LogP contribution in [-0.2, 0) is 15.8 Å². The third-order valence-electron chi connectivity index (χ3n) is 4.47. The standard InChI is InChI=1S/C12H17NO3S.C5H11NO/c14-9-12-7-4-8-13(12)17(15,16)10-11-5-2-1-3-6-11;7-4-5-2-1-3-6-5/h1-3,5-6,12,14H,4,7-10H2;5-7H,1-4H2/t12-;5-/m00/s1. The molecule has 0 unspecified atom stereocenters. The Kier molecular flexibility index (Phi) is 7.64. The Hall–Kier alpha value is -0.990. The van der Waals surface area contributed by atoms with Crippen LogP contribution in [-0.4, -0.2) is 61.3 Å². The van der Waals surface area contributed by atoms with E-state index in [9.17, 15) is 8.42 Å². The highest BCUT2D eigenvalue weighted by molar-refractivity contribution is 7.88. The van der Waals surface area contributed by atoms with E-state index in [4.69, 9.17) is 10.2 Å². The van der Waals surface area contributed by atoms with Crippen LogP contribution >= 0.6 is 0 Å². The molecule has 1 aromatic carbocycles. The summed E-state index contributed by atoms with van der Waals surface area (Å²) in [6.45, 7) is 1.83. The second-order valence-corrected chi connectivity index (χ2v) is 8.23. The summed E-state index contributed by atoms with van der Waals surface area (Å²) < 4.78 is 25.8. The third-order valence-corrected chi connectivity index (χ3v) is 6.36. The lowest BCUT2D eigenvalue weighted by Crippen LogP contribution is -2.38. The average molecular weight is 356 g/mol. The number of aliphatic hydroxyl groups excluding tert-OH is 2. The highest BCUT2D eigenvalue weighted by atomic mass is 32.2. The van der Waals surface area contributed by atoms with E-state index in [0.717, 1.165) is 31.4 Å². The van der Waals surface area contributed by atoms with Gasteiger partial charge in [-0.1, -0.05) is 30.3 Å². The van der Waals surface area contributed by atoms with Gasteiger partial charge in [0.1, 0.15) is 0 Å². The average Bonchev–Trinajstić information content (AvgIpc) is 3.27. The van der Waals surface area contributed by atoms with Crippen molar-refractivity contribution in [3.8, 4) is 0 Å². The lowest BCUT2D eigenvalue weighted by atomic mass is 10.2. The zero-order chi connectivity index (χ0) is 17.4. The zero-order valence-electron chi connectivity index (χ0n) is 14.0. The SMILES string of the molecule is O=S(=O)(Cc1ccccc1)N1CCC[C@H]1CO.OC[C@@H]1CCCN1. The molecule has 2 aliphatic heterocycles. The minimum absolute atomic E-state index is 0.0182. The maximum Gasteiger partial charge on any atom is 0.218 e. The van der Waals surface area contributed by atoms with Crippen molar-refractivity contribution in [3.63, 3.8) is 0 Å². The summed E-state index contributed by atoms with van der Waals surface area (Å²) in [6, 6.07) is 9.31. The molecule has 3 rings (SSSR count). The maximum atomic E-state index is 12.2. The summed E-state index contributed by atoms with van der Waals surface area (Å²) in [7, 11) is -3.30. The molecule has 0 saturated carbocycles. The number of aliphatic hydroxyl groups is 2. The van der Waals surface area contributed by atoms with E-state index in [1.807, 2.05) is 30.3 Å². The van der Waals surface area contributed by atoms with Gasteiger partial charge in [0.05, 0.1) is 19.0 Å². The van der Waals surface area contributed by atoms with Crippen LogP contribution in [0.1, 0.15) is 31.2 Å². The highest BCUT2D eigenvalue weighted by Crippen LogP contribution is 2.23. The van der Waals surface area contributed by atoms with Crippen molar-refractivity contribution in [2.75, 3.05) is 26.3 Å². The molecule has 0 radical (unpaired) electrons. The molecule has 136 valence electrons. The first-order chi connectivity index (χ1) is 11.6. The topological polar surface area (TPSA) is 89.9 Å². The van der Waals surface area contributed by atoms with Crippen LogP contribution in [0.25, 0.3) is 0 Å². The molecule has 7 heteroatoms. The Morgan fingerprint density at radius 3 is 2.38 bits per heavy atom. The molecule has 0 aromatic heterocycles. The van der Waals surface area contributed by atoms with Crippen LogP contribution in [0.15, 0.2) is 30.3 Å². The fraction of sp³-hybridized carbons (Fsp3) is 0.647.